The summed E-state index contributed by atoms with van der Waals surface area (Å²) in [5.74, 6) is -2.62. The molecule has 1 aliphatic heterocycles. The van der Waals surface area contributed by atoms with Crippen molar-refractivity contribution in [2.75, 3.05) is 13.1 Å². The maximum Gasteiger partial charge on any atom is 0.471 e. The van der Waals surface area contributed by atoms with E-state index in [0.717, 1.165) is 18.4 Å². The van der Waals surface area contributed by atoms with Gasteiger partial charge in [0.1, 0.15) is 5.82 Å². The van der Waals surface area contributed by atoms with Crippen LogP contribution < -0.4 is 5.32 Å². The number of hydrogen-bond donors (Lipinski definition) is 1. The lowest BCUT2D eigenvalue weighted by Gasteiger charge is -2.49. The molecule has 8 heteroatoms. The van der Waals surface area contributed by atoms with Gasteiger partial charge < -0.3 is 10.1 Å². The van der Waals surface area contributed by atoms with Crippen LogP contribution in [0, 0.1) is 5.82 Å². The van der Waals surface area contributed by atoms with Gasteiger partial charge in [0, 0.05) is 24.5 Å². The van der Waals surface area contributed by atoms with E-state index in [1.165, 1.54) is 12.1 Å². The van der Waals surface area contributed by atoms with Crippen molar-refractivity contribution in [3.8, 4) is 0 Å². The number of carbonyl (C=O) groups is 1. The van der Waals surface area contributed by atoms with Crippen LogP contribution in [0.15, 0.2) is 24.3 Å². The Balaban J connectivity index is 1.68. The number of nitrogens with one attached hydrogen (secondary N) is 1. The number of benzene rings is 1. The Bertz CT molecular complexity index is 709. The molecule has 1 amide bonds. The third-order valence-corrected chi connectivity index (χ3v) is 5.62. The quantitative estimate of drug-likeness (QED) is 0.755. The molecule has 0 unspecified atom stereocenters. The number of rotatable bonds is 4. The second kappa shape index (κ2) is 8.22. The van der Waals surface area contributed by atoms with Crippen molar-refractivity contribution < 1.29 is 27.1 Å². The van der Waals surface area contributed by atoms with E-state index in [0.29, 0.717) is 19.5 Å². The van der Waals surface area contributed by atoms with Crippen LogP contribution in [0.25, 0.3) is 0 Å². The molecule has 1 aromatic carbocycles. The fraction of sp³-hybridized carbons (Fsp3) is 0.667. The summed E-state index contributed by atoms with van der Waals surface area (Å²) in [5, 5.41) is 2.17. The van der Waals surface area contributed by atoms with E-state index in [9.17, 15) is 22.4 Å². The number of likely N-dealkylation sites (tertiary alicyclic amines) is 1. The van der Waals surface area contributed by atoms with E-state index in [1.54, 1.807) is 12.1 Å². The molecule has 4 nitrogen and oxygen atoms in total. The molecule has 3 rings (SSSR count). The van der Waals surface area contributed by atoms with Crippen molar-refractivity contribution in [3.63, 3.8) is 0 Å². The minimum absolute atomic E-state index is 0.151. The molecule has 1 aliphatic carbocycles. The highest BCUT2D eigenvalue weighted by Crippen LogP contribution is 2.36. The standard InChI is InChI=1S/C21H28F4N2O2/c1-20(2,3)29-16-10-15(11-16)27-9-8-17(13-4-6-14(22)7-5-13)18(12-27)26-19(28)21(23,24)25/h4-7,15-18H,8-12H2,1-3H3,(H,26,28)/t15?,16?,17-,18+/m0/s1. The van der Waals surface area contributed by atoms with Gasteiger partial charge in [0.2, 0.25) is 0 Å². The summed E-state index contributed by atoms with van der Waals surface area (Å²) in [6, 6.07) is 5.31. The fourth-order valence-corrected chi connectivity index (χ4v) is 4.25. The van der Waals surface area contributed by atoms with E-state index in [1.807, 2.05) is 20.8 Å². The van der Waals surface area contributed by atoms with Gasteiger partial charge >= 0.3 is 12.1 Å². The van der Waals surface area contributed by atoms with Gasteiger partial charge in [-0.1, -0.05) is 12.1 Å². The summed E-state index contributed by atoms with van der Waals surface area (Å²) >= 11 is 0. The topological polar surface area (TPSA) is 41.6 Å². The molecule has 1 N–H and O–H groups in total. The van der Waals surface area contributed by atoms with Gasteiger partial charge in [-0.15, -0.1) is 0 Å². The van der Waals surface area contributed by atoms with Gasteiger partial charge in [-0.3, -0.25) is 9.69 Å². The molecule has 0 spiro atoms. The Morgan fingerprint density at radius 3 is 2.31 bits per heavy atom. The van der Waals surface area contributed by atoms with E-state index >= 15 is 0 Å². The van der Waals surface area contributed by atoms with Crippen molar-refractivity contribution >= 4 is 5.91 Å². The lowest BCUT2D eigenvalue weighted by atomic mass is 9.81. The fourth-order valence-electron chi connectivity index (χ4n) is 4.25. The molecule has 1 saturated heterocycles. The Morgan fingerprint density at radius 1 is 1.14 bits per heavy atom. The number of hydrogen-bond acceptors (Lipinski definition) is 3. The maximum atomic E-state index is 13.3. The minimum atomic E-state index is -4.93. The Kier molecular flexibility index (Phi) is 6.24. The van der Waals surface area contributed by atoms with Gasteiger partial charge in [-0.25, -0.2) is 4.39 Å². The first-order valence-corrected chi connectivity index (χ1v) is 9.97. The predicted molar refractivity (Wildman–Crippen MR) is 101 cm³/mol. The molecule has 0 radical (unpaired) electrons. The highest BCUT2D eigenvalue weighted by molar-refractivity contribution is 5.82. The van der Waals surface area contributed by atoms with Crippen LogP contribution in [0.5, 0.6) is 0 Å². The van der Waals surface area contributed by atoms with Crippen molar-refractivity contribution in [1.29, 1.82) is 0 Å². The molecule has 2 aliphatic rings. The third-order valence-electron chi connectivity index (χ3n) is 5.62. The summed E-state index contributed by atoms with van der Waals surface area (Å²) in [7, 11) is 0. The molecular formula is C21H28F4N2O2. The molecule has 162 valence electrons. The van der Waals surface area contributed by atoms with E-state index in [-0.39, 0.29) is 23.7 Å². The molecule has 1 saturated carbocycles. The van der Waals surface area contributed by atoms with Crippen LogP contribution in [0.1, 0.15) is 51.5 Å². The number of alkyl halides is 3. The average Bonchev–Trinajstić information content (AvgIpc) is 2.57. The predicted octanol–water partition coefficient (Wildman–Crippen LogP) is 4.01. The van der Waals surface area contributed by atoms with Crippen LogP contribution >= 0.6 is 0 Å². The van der Waals surface area contributed by atoms with Crippen molar-refractivity contribution in [1.82, 2.24) is 10.2 Å². The zero-order chi connectivity index (χ0) is 21.4. The summed E-state index contributed by atoms with van der Waals surface area (Å²) in [4.78, 5) is 13.7. The zero-order valence-electron chi connectivity index (χ0n) is 16.9. The Labute approximate surface area is 168 Å². The van der Waals surface area contributed by atoms with Gasteiger partial charge in [0.05, 0.1) is 11.7 Å². The Hall–Kier alpha value is -1.67. The third kappa shape index (κ3) is 5.69. The van der Waals surface area contributed by atoms with Crippen LogP contribution in [-0.4, -0.2) is 53.9 Å². The molecule has 29 heavy (non-hydrogen) atoms. The van der Waals surface area contributed by atoms with Gasteiger partial charge in [-0.05, 0) is 64.3 Å². The molecule has 2 atom stereocenters. The number of halogens is 4. The number of ether oxygens (including phenoxy) is 1. The first kappa shape index (κ1) is 22.0. The molecule has 0 bridgehead atoms. The van der Waals surface area contributed by atoms with Crippen molar-refractivity contribution in [2.45, 2.75) is 75.9 Å². The van der Waals surface area contributed by atoms with Gasteiger partial charge in [-0.2, -0.15) is 13.2 Å². The largest absolute Gasteiger partial charge is 0.471 e. The SMILES string of the molecule is CC(C)(C)OC1CC(N2CC[C@@H](c3ccc(F)cc3)[C@H](NC(=O)C(F)(F)F)C2)C1. The van der Waals surface area contributed by atoms with Crippen molar-refractivity contribution in [2.24, 2.45) is 0 Å². The smallest absolute Gasteiger partial charge is 0.373 e. The molecule has 1 heterocycles. The highest BCUT2D eigenvalue weighted by atomic mass is 19.4. The summed E-state index contributed by atoms with van der Waals surface area (Å²) in [5.41, 5.74) is 0.509. The summed E-state index contributed by atoms with van der Waals surface area (Å²) < 4.78 is 57.7. The number of amides is 1. The van der Waals surface area contributed by atoms with Gasteiger partial charge in [0.15, 0.2) is 0 Å². The second-order valence-electron chi connectivity index (χ2n) is 9.00. The molecule has 1 aromatic rings. The number of carbonyl (C=O) groups excluding carboxylic acids is 1. The van der Waals surface area contributed by atoms with E-state index in [2.05, 4.69) is 10.2 Å². The number of nitrogens with zero attached hydrogens (tertiary/aromatic N) is 1. The minimum Gasteiger partial charge on any atom is -0.373 e. The molecule has 2 fully saturated rings. The Morgan fingerprint density at radius 2 is 1.76 bits per heavy atom. The average molecular weight is 416 g/mol. The number of piperidine rings is 1. The maximum absolute atomic E-state index is 13.3. The summed E-state index contributed by atoms with van der Waals surface area (Å²) in [6.45, 7) is 7.04. The van der Waals surface area contributed by atoms with E-state index in [4.69, 9.17) is 4.74 Å². The highest BCUT2D eigenvalue weighted by Gasteiger charge is 2.44. The van der Waals surface area contributed by atoms with Crippen LogP contribution in [-0.2, 0) is 9.53 Å². The van der Waals surface area contributed by atoms with Crippen molar-refractivity contribution in [3.05, 3.63) is 35.6 Å². The first-order chi connectivity index (χ1) is 13.4. The van der Waals surface area contributed by atoms with Crippen LogP contribution in [0.2, 0.25) is 0 Å². The van der Waals surface area contributed by atoms with Crippen LogP contribution in [0.4, 0.5) is 17.6 Å². The lowest BCUT2D eigenvalue weighted by Crippen LogP contribution is -2.59. The summed E-state index contributed by atoms with van der Waals surface area (Å²) in [6.07, 6.45) is -2.53. The zero-order valence-corrected chi connectivity index (χ0v) is 16.9. The normalized spacial score (nSPS) is 28.7. The first-order valence-electron chi connectivity index (χ1n) is 9.97. The van der Waals surface area contributed by atoms with E-state index < -0.39 is 23.9 Å². The van der Waals surface area contributed by atoms with Gasteiger partial charge in [0.25, 0.3) is 0 Å². The monoisotopic (exact) mass is 416 g/mol. The second-order valence-corrected chi connectivity index (χ2v) is 9.00. The molecular weight excluding hydrogens is 388 g/mol. The molecule has 0 aromatic heterocycles. The lowest BCUT2D eigenvalue weighted by molar-refractivity contribution is -0.175. The van der Waals surface area contributed by atoms with Crippen LogP contribution in [0.3, 0.4) is 0 Å².